The number of fused-ring (bicyclic) bond motifs is 1. The van der Waals surface area contributed by atoms with Crippen LogP contribution in [0, 0.1) is 5.92 Å². The standard InChI is InChI=1S/C14H25NO2/c1-3-11(2)14(16)17-13-8-6-10-15-9-5-4-7-12(13)15/h11-13H,3-10H2,1-2H3/t11-,12+,13-/m0/s1. The summed E-state index contributed by atoms with van der Waals surface area (Å²) >= 11 is 0. The Morgan fingerprint density at radius 2 is 2.06 bits per heavy atom. The van der Waals surface area contributed by atoms with Crippen molar-refractivity contribution in [3.05, 3.63) is 0 Å². The van der Waals surface area contributed by atoms with E-state index in [9.17, 15) is 4.79 Å². The van der Waals surface area contributed by atoms with Crippen LogP contribution in [-0.2, 0) is 9.53 Å². The molecule has 2 fully saturated rings. The molecule has 2 rings (SSSR count). The molecular weight excluding hydrogens is 214 g/mol. The molecule has 17 heavy (non-hydrogen) atoms. The molecule has 3 nitrogen and oxygen atoms in total. The van der Waals surface area contributed by atoms with E-state index < -0.39 is 0 Å². The zero-order valence-corrected chi connectivity index (χ0v) is 11.2. The first-order valence-corrected chi connectivity index (χ1v) is 7.17. The third-order valence-corrected chi connectivity index (χ3v) is 4.31. The molecule has 2 heterocycles. The average molecular weight is 239 g/mol. The number of ether oxygens (including phenoxy) is 1. The molecular formula is C14H25NO2. The molecule has 2 aliphatic rings. The van der Waals surface area contributed by atoms with Crippen LogP contribution in [0.25, 0.3) is 0 Å². The Labute approximate surface area is 105 Å². The lowest BCUT2D eigenvalue weighted by molar-refractivity contribution is -0.160. The van der Waals surface area contributed by atoms with E-state index in [1.54, 1.807) is 0 Å². The highest BCUT2D eigenvalue weighted by Gasteiger charge is 2.35. The van der Waals surface area contributed by atoms with Gasteiger partial charge in [-0.25, -0.2) is 0 Å². The minimum absolute atomic E-state index is 0.00456. The molecule has 0 saturated carbocycles. The summed E-state index contributed by atoms with van der Waals surface area (Å²) in [6.07, 6.45) is 7.07. The largest absolute Gasteiger partial charge is 0.460 e. The highest BCUT2D eigenvalue weighted by Crippen LogP contribution is 2.28. The first-order valence-electron chi connectivity index (χ1n) is 7.17. The maximum Gasteiger partial charge on any atom is 0.308 e. The molecule has 3 atom stereocenters. The van der Waals surface area contributed by atoms with Crippen LogP contribution in [0.3, 0.4) is 0 Å². The van der Waals surface area contributed by atoms with Crippen molar-refractivity contribution < 1.29 is 9.53 Å². The molecule has 2 aliphatic heterocycles. The van der Waals surface area contributed by atoms with Gasteiger partial charge in [0, 0.05) is 6.04 Å². The van der Waals surface area contributed by atoms with Gasteiger partial charge in [-0.1, -0.05) is 20.3 Å². The molecule has 0 bridgehead atoms. The maximum absolute atomic E-state index is 11.9. The number of nitrogens with zero attached hydrogens (tertiary/aromatic N) is 1. The Hall–Kier alpha value is -0.570. The number of hydrogen-bond donors (Lipinski definition) is 0. The molecule has 0 amide bonds. The molecule has 0 aromatic heterocycles. The van der Waals surface area contributed by atoms with Gasteiger partial charge >= 0.3 is 5.97 Å². The summed E-state index contributed by atoms with van der Waals surface area (Å²) < 4.78 is 5.73. The average Bonchev–Trinajstić information content (AvgIpc) is 2.38. The zero-order chi connectivity index (χ0) is 12.3. The van der Waals surface area contributed by atoms with E-state index in [4.69, 9.17) is 4.74 Å². The van der Waals surface area contributed by atoms with Crippen molar-refractivity contribution in [3.8, 4) is 0 Å². The van der Waals surface area contributed by atoms with Crippen molar-refractivity contribution in [2.75, 3.05) is 13.1 Å². The van der Waals surface area contributed by atoms with E-state index >= 15 is 0 Å². The number of rotatable bonds is 3. The SMILES string of the molecule is CC[C@H](C)C(=O)O[C@H]1CCCN2CCCC[C@H]12. The van der Waals surface area contributed by atoms with Gasteiger partial charge in [0.25, 0.3) is 0 Å². The molecule has 0 aromatic rings. The molecule has 0 N–H and O–H groups in total. The topological polar surface area (TPSA) is 29.5 Å². The predicted molar refractivity (Wildman–Crippen MR) is 67.8 cm³/mol. The molecule has 0 unspecified atom stereocenters. The van der Waals surface area contributed by atoms with Gasteiger partial charge in [-0.15, -0.1) is 0 Å². The smallest absolute Gasteiger partial charge is 0.308 e. The summed E-state index contributed by atoms with van der Waals surface area (Å²) in [5.41, 5.74) is 0. The number of hydrogen-bond acceptors (Lipinski definition) is 3. The van der Waals surface area contributed by atoms with Crippen LogP contribution < -0.4 is 0 Å². The summed E-state index contributed by atoms with van der Waals surface area (Å²) in [5, 5.41) is 0. The van der Waals surface area contributed by atoms with Gasteiger partial charge in [0.1, 0.15) is 6.10 Å². The predicted octanol–water partition coefficient (Wildman–Crippen LogP) is 2.59. The van der Waals surface area contributed by atoms with Crippen molar-refractivity contribution in [1.29, 1.82) is 0 Å². The summed E-state index contributed by atoms with van der Waals surface area (Å²) in [5.74, 6) is 0.0545. The first kappa shape index (κ1) is 12.9. The fraction of sp³-hybridized carbons (Fsp3) is 0.929. The van der Waals surface area contributed by atoms with Gasteiger partial charge in [0.15, 0.2) is 0 Å². The first-order chi connectivity index (χ1) is 8.22. The Kier molecular flexibility index (Phi) is 4.43. The van der Waals surface area contributed by atoms with E-state index in [-0.39, 0.29) is 18.0 Å². The van der Waals surface area contributed by atoms with Crippen molar-refractivity contribution in [2.24, 2.45) is 5.92 Å². The molecule has 0 spiro atoms. The Morgan fingerprint density at radius 3 is 2.82 bits per heavy atom. The second-order valence-electron chi connectivity index (χ2n) is 5.53. The van der Waals surface area contributed by atoms with E-state index in [2.05, 4.69) is 4.90 Å². The van der Waals surface area contributed by atoms with E-state index in [0.717, 1.165) is 12.8 Å². The molecule has 98 valence electrons. The Morgan fingerprint density at radius 1 is 1.29 bits per heavy atom. The van der Waals surface area contributed by atoms with E-state index in [0.29, 0.717) is 6.04 Å². The Bertz CT molecular complexity index is 265. The van der Waals surface area contributed by atoms with Crippen molar-refractivity contribution in [1.82, 2.24) is 4.90 Å². The van der Waals surface area contributed by atoms with Gasteiger partial charge in [0.05, 0.1) is 5.92 Å². The number of esters is 1. The number of carbonyl (C=O) groups excluding carboxylic acids is 1. The minimum atomic E-state index is 0.00456. The molecule has 3 heteroatoms. The van der Waals surface area contributed by atoms with Gasteiger partial charge in [-0.2, -0.15) is 0 Å². The monoisotopic (exact) mass is 239 g/mol. The summed E-state index contributed by atoms with van der Waals surface area (Å²) in [6, 6.07) is 0.505. The molecule has 0 aromatic carbocycles. The lowest BCUT2D eigenvalue weighted by Crippen LogP contribution is -2.52. The number of piperidine rings is 2. The Balaban J connectivity index is 1.92. The van der Waals surface area contributed by atoms with Crippen molar-refractivity contribution >= 4 is 5.97 Å². The molecule has 2 saturated heterocycles. The van der Waals surface area contributed by atoms with Crippen LogP contribution >= 0.6 is 0 Å². The van der Waals surface area contributed by atoms with Crippen LogP contribution in [0.4, 0.5) is 0 Å². The van der Waals surface area contributed by atoms with Gasteiger partial charge in [0.2, 0.25) is 0 Å². The fourth-order valence-electron chi connectivity index (χ4n) is 2.97. The lowest BCUT2D eigenvalue weighted by Gasteiger charge is -2.43. The van der Waals surface area contributed by atoms with Crippen LogP contribution in [0.1, 0.15) is 52.4 Å². The lowest BCUT2D eigenvalue weighted by atomic mass is 9.90. The van der Waals surface area contributed by atoms with E-state index in [1.165, 1.54) is 38.8 Å². The highest BCUT2D eigenvalue weighted by atomic mass is 16.5. The summed E-state index contributed by atoms with van der Waals surface area (Å²) in [4.78, 5) is 14.4. The normalized spacial score (nSPS) is 31.6. The van der Waals surface area contributed by atoms with E-state index in [1.807, 2.05) is 13.8 Å². The highest BCUT2D eigenvalue weighted by molar-refractivity contribution is 5.72. The molecule has 0 radical (unpaired) electrons. The van der Waals surface area contributed by atoms with Gasteiger partial charge in [-0.3, -0.25) is 9.69 Å². The minimum Gasteiger partial charge on any atom is -0.460 e. The van der Waals surface area contributed by atoms with Gasteiger partial charge < -0.3 is 4.74 Å². The van der Waals surface area contributed by atoms with Crippen LogP contribution in [0.2, 0.25) is 0 Å². The van der Waals surface area contributed by atoms with Crippen molar-refractivity contribution in [2.45, 2.75) is 64.5 Å². The van der Waals surface area contributed by atoms with Crippen LogP contribution in [-0.4, -0.2) is 36.1 Å². The second kappa shape index (κ2) is 5.85. The van der Waals surface area contributed by atoms with Crippen LogP contribution in [0.5, 0.6) is 0 Å². The second-order valence-corrected chi connectivity index (χ2v) is 5.53. The fourth-order valence-corrected chi connectivity index (χ4v) is 2.97. The van der Waals surface area contributed by atoms with Crippen LogP contribution in [0.15, 0.2) is 0 Å². The third kappa shape index (κ3) is 3.01. The van der Waals surface area contributed by atoms with Crippen molar-refractivity contribution in [3.63, 3.8) is 0 Å². The maximum atomic E-state index is 11.9. The summed E-state index contributed by atoms with van der Waals surface area (Å²) in [6.45, 7) is 6.40. The number of carbonyl (C=O) groups is 1. The third-order valence-electron chi connectivity index (χ3n) is 4.31. The summed E-state index contributed by atoms with van der Waals surface area (Å²) in [7, 11) is 0. The van der Waals surface area contributed by atoms with Gasteiger partial charge in [-0.05, 0) is 45.2 Å². The quantitative estimate of drug-likeness (QED) is 0.709. The molecule has 0 aliphatic carbocycles. The zero-order valence-electron chi connectivity index (χ0n) is 11.2.